The quantitative estimate of drug-likeness (QED) is 0.491. The molecule has 0 radical (unpaired) electrons. The van der Waals surface area contributed by atoms with Crippen LogP contribution < -0.4 is 15.6 Å². The number of hydrogen-bond acceptors (Lipinski definition) is 5. The molecule has 1 unspecified atom stereocenters. The Kier molecular flexibility index (Phi) is 5.63. The molecule has 0 aliphatic heterocycles. The average Bonchev–Trinajstić information content (AvgIpc) is 3.21. The summed E-state index contributed by atoms with van der Waals surface area (Å²) in [6.07, 6.45) is 1.44. The Morgan fingerprint density at radius 3 is 2.60 bits per heavy atom. The van der Waals surface area contributed by atoms with Crippen LogP contribution in [0.25, 0.3) is 20.7 Å². The number of hydrogen-bond donors (Lipinski definition) is 1. The van der Waals surface area contributed by atoms with Gasteiger partial charge in [0.1, 0.15) is 16.6 Å². The summed E-state index contributed by atoms with van der Waals surface area (Å²) in [5, 5.41) is 3.35. The van der Waals surface area contributed by atoms with Crippen molar-refractivity contribution in [2.75, 3.05) is 11.9 Å². The van der Waals surface area contributed by atoms with Crippen LogP contribution in [-0.2, 0) is 4.79 Å². The van der Waals surface area contributed by atoms with Gasteiger partial charge in [0, 0.05) is 10.6 Å². The lowest BCUT2D eigenvalue weighted by Gasteiger charge is -2.15. The molecular weight excluding hydrogens is 398 g/mol. The molecule has 0 aliphatic carbocycles. The number of ether oxygens (including phenoxy) is 1. The highest BCUT2D eigenvalue weighted by Gasteiger charge is 2.19. The SMILES string of the molecule is CCOc1ccc(NC(=O)C(C)n2cnc3sc(-c4ccccc4)cc3c2=O)cc1. The Morgan fingerprint density at radius 1 is 1.17 bits per heavy atom. The van der Waals surface area contributed by atoms with E-state index < -0.39 is 6.04 Å². The van der Waals surface area contributed by atoms with Crippen molar-refractivity contribution in [1.82, 2.24) is 9.55 Å². The molecule has 7 heteroatoms. The number of rotatable bonds is 6. The molecule has 152 valence electrons. The number of nitrogens with one attached hydrogen (secondary N) is 1. The van der Waals surface area contributed by atoms with Crippen LogP contribution in [0.3, 0.4) is 0 Å². The van der Waals surface area contributed by atoms with E-state index in [1.807, 2.05) is 43.3 Å². The van der Waals surface area contributed by atoms with Crippen molar-refractivity contribution in [1.29, 1.82) is 0 Å². The first-order chi connectivity index (χ1) is 14.6. The minimum Gasteiger partial charge on any atom is -0.494 e. The lowest BCUT2D eigenvalue weighted by Crippen LogP contribution is -2.31. The summed E-state index contributed by atoms with van der Waals surface area (Å²) in [6.45, 7) is 4.18. The van der Waals surface area contributed by atoms with E-state index in [4.69, 9.17) is 4.74 Å². The minimum atomic E-state index is -0.707. The van der Waals surface area contributed by atoms with E-state index in [0.717, 1.165) is 16.2 Å². The van der Waals surface area contributed by atoms with Crippen LogP contribution in [0.15, 0.2) is 71.8 Å². The molecule has 2 aromatic heterocycles. The highest BCUT2D eigenvalue weighted by atomic mass is 32.1. The summed E-state index contributed by atoms with van der Waals surface area (Å²) < 4.78 is 6.78. The number of fused-ring (bicyclic) bond motifs is 1. The summed E-state index contributed by atoms with van der Waals surface area (Å²) in [5.74, 6) is 0.446. The second-order valence-electron chi connectivity index (χ2n) is 6.78. The van der Waals surface area contributed by atoms with E-state index in [0.29, 0.717) is 22.5 Å². The Bertz CT molecular complexity index is 1230. The highest BCUT2D eigenvalue weighted by molar-refractivity contribution is 7.21. The summed E-state index contributed by atoms with van der Waals surface area (Å²) in [5.41, 5.74) is 1.44. The largest absolute Gasteiger partial charge is 0.494 e. The van der Waals surface area contributed by atoms with E-state index in [9.17, 15) is 9.59 Å². The number of nitrogens with zero attached hydrogens (tertiary/aromatic N) is 2. The topological polar surface area (TPSA) is 73.2 Å². The molecule has 0 fully saturated rings. The van der Waals surface area contributed by atoms with Gasteiger partial charge in [0.2, 0.25) is 5.91 Å². The number of benzene rings is 2. The molecule has 0 bridgehead atoms. The van der Waals surface area contributed by atoms with Crippen molar-refractivity contribution in [2.24, 2.45) is 0 Å². The van der Waals surface area contributed by atoms with E-state index >= 15 is 0 Å². The van der Waals surface area contributed by atoms with Crippen molar-refractivity contribution in [3.05, 3.63) is 77.3 Å². The first kappa shape index (κ1) is 19.8. The fraction of sp³-hybridized carbons (Fsp3) is 0.174. The van der Waals surface area contributed by atoms with E-state index in [1.165, 1.54) is 22.2 Å². The van der Waals surface area contributed by atoms with Crippen LogP contribution in [0.1, 0.15) is 19.9 Å². The predicted molar refractivity (Wildman–Crippen MR) is 120 cm³/mol. The van der Waals surface area contributed by atoms with Crippen molar-refractivity contribution >= 4 is 33.1 Å². The number of anilines is 1. The molecule has 1 amide bonds. The van der Waals surface area contributed by atoms with Gasteiger partial charge in [-0.1, -0.05) is 30.3 Å². The summed E-state index contributed by atoms with van der Waals surface area (Å²) in [6, 6.07) is 18.1. The molecule has 4 rings (SSSR count). The molecule has 0 saturated carbocycles. The van der Waals surface area contributed by atoms with Crippen molar-refractivity contribution in [3.8, 4) is 16.2 Å². The maximum atomic E-state index is 13.0. The number of aromatic nitrogens is 2. The van der Waals surface area contributed by atoms with Gasteiger partial charge >= 0.3 is 0 Å². The first-order valence-corrected chi connectivity index (χ1v) is 10.5. The fourth-order valence-electron chi connectivity index (χ4n) is 3.13. The number of carbonyl (C=O) groups is 1. The Hall–Kier alpha value is -3.45. The van der Waals surface area contributed by atoms with E-state index in [2.05, 4.69) is 10.3 Å². The Balaban J connectivity index is 1.58. The molecule has 30 heavy (non-hydrogen) atoms. The molecule has 1 N–H and O–H groups in total. The standard InChI is InChI=1S/C23H21N3O3S/c1-3-29-18-11-9-17(10-12-18)25-21(27)15(2)26-14-24-22-19(23(26)28)13-20(30-22)16-7-5-4-6-8-16/h4-15H,3H2,1-2H3,(H,25,27). The maximum Gasteiger partial charge on any atom is 0.262 e. The Morgan fingerprint density at radius 2 is 1.90 bits per heavy atom. The molecule has 2 heterocycles. The molecule has 4 aromatic rings. The summed E-state index contributed by atoms with van der Waals surface area (Å²) >= 11 is 1.46. The van der Waals surface area contributed by atoms with Gasteiger partial charge in [-0.15, -0.1) is 11.3 Å². The predicted octanol–water partition coefficient (Wildman–Crippen LogP) is 4.72. The molecule has 0 spiro atoms. The zero-order chi connectivity index (χ0) is 21.1. The zero-order valence-electron chi connectivity index (χ0n) is 16.7. The van der Waals surface area contributed by atoms with Gasteiger partial charge in [-0.25, -0.2) is 4.98 Å². The van der Waals surface area contributed by atoms with E-state index in [1.54, 1.807) is 31.2 Å². The zero-order valence-corrected chi connectivity index (χ0v) is 17.5. The number of thiophene rings is 1. The lowest BCUT2D eigenvalue weighted by molar-refractivity contribution is -0.118. The Labute approximate surface area is 177 Å². The van der Waals surface area contributed by atoms with Gasteiger partial charge in [0.05, 0.1) is 18.3 Å². The molecule has 6 nitrogen and oxygen atoms in total. The van der Waals surface area contributed by atoms with Gasteiger partial charge in [-0.3, -0.25) is 14.2 Å². The number of carbonyl (C=O) groups excluding carboxylic acids is 1. The molecule has 2 aromatic carbocycles. The van der Waals surface area contributed by atoms with Gasteiger partial charge in [-0.05, 0) is 49.7 Å². The monoisotopic (exact) mass is 419 g/mol. The van der Waals surface area contributed by atoms with Crippen LogP contribution in [0.4, 0.5) is 5.69 Å². The smallest absolute Gasteiger partial charge is 0.262 e. The van der Waals surface area contributed by atoms with Crippen LogP contribution in [0, 0.1) is 0 Å². The second-order valence-corrected chi connectivity index (χ2v) is 7.81. The highest BCUT2D eigenvalue weighted by Crippen LogP contribution is 2.30. The third-order valence-electron chi connectivity index (χ3n) is 4.76. The van der Waals surface area contributed by atoms with Gasteiger partial charge in [0.25, 0.3) is 5.56 Å². The third-order valence-corrected chi connectivity index (χ3v) is 5.86. The molecular formula is C23H21N3O3S. The summed E-state index contributed by atoms with van der Waals surface area (Å²) in [7, 11) is 0. The van der Waals surface area contributed by atoms with Gasteiger partial charge in [-0.2, -0.15) is 0 Å². The average molecular weight is 420 g/mol. The van der Waals surface area contributed by atoms with Crippen molar-refractivity contribution < 1.29 is 9.53 Å². The first-order valence-electron chi connectivity index (χ1n) is 9.66. The molecule has 0 aliphatic rings. The third kappa shape index (κ3) is 3.97. The van der Waals surface area contributed by atoms with Crippen LogP contribution in [0.2, 0.25) is 0 Å². The van der Waals surface area contributed by atoms with E-state index in [-0.39, 0.29) is 11.5 Å². The van der Waals surface area contributed by atoms with Crippen LogP contribution in [0.5, 0.6) is 5.75 Å². The summed E-state index contributed by atoms with van der Waals surface area (Å²) in [4.78, 5) is 31.8. The van der Waals surface area contributed by atoms with Gasteiger partial charge < -0.3 is 10.1 Å². The lowest BCUT2D eigenvalue weighted by atomic mass is 10.2. The van der Waals surface area contributed by atoms with Crippen molar-refractivity contribution in [2.45, 2.75) is 19.9 Å². The number of amides is 1. The second kappa shape index (κ2) is 8.51. The minimum absolute atomic E-state index is 0.229. The fourth-order valence-corrected chi connectivity index (χ4v) is 4.13. The maximum absolute atomic E-state index is 13.0. The molecule has 1 atom stereocenters. The normalized spacial score (nSPS) is 11.9. The van der Waals surface area contributed by atoms with Crippen LogP contribution in [-0.4, -0.2) is 22.1 Å². The van der Waals surface area contributed by atoms with Crippen LogP contribution >= 0.6 is 11.3 Å². The van der Waals surface area contributed by atoms with Gasteiger partial charge in [0.15, 0.2) is 0 Å². The molecule has 0 saturated heterocycles. The van der Waals surface area contributed by atoms with Crippen molar-refractivity contribution in [3.63, 3.8) is 0 Å².